The molecule has 0 radical (unpaired) electrons. The maximum absolute atomic E-state index is 12.6. The maximum Gasteiger partial charge on any atom is 0.226 e. The van der Waals surface area contributed by atoms with Crippen molar-refractivity contribution in [2.75, 3.05) is 27.8 Å². The van der Waals surface area contributed by atoms with E-state index < -0.39 is 0 Å². The molecule has 0 saturated carbocycles. The molecule has 3 rings (SSSR count). The number of methoxy groups -OCH3 is 2. The third-order valence-corrected chi connectivity index (χ3v) is 5.45. The number of hydrogen-bond acceptors (Lipinski definition) is 6. The van der Waals surface area contributed by atoms with Crippen LogP contribution in [-0.4, -0.2) is 43.8 Å². The molecule has 0 aliphatic carbocycles. The number of carbonyl (C=O) groups excluding carboxylic acids is 1. The molecular weight excluding hydrogens is 408 g/mol. The molecule has 32 heavy (non-hydrogen) atoms. The average Bonchev–Trinajstić information content (AvgIpc) is 3.13. The van der Waals surface area contributed by atoms with Crippen LogP contribution in [0.2, 0.25) is 0 Å². The smallest absolute Gasteiger partial charge is 0.226 e. The standard InChI is InChI=1S/C25H30N2O5/c1-17-22(18(2)32-26-17)16-31-21-9-6-19(7-10-21)15-25(28)27(3)13-12-20-8-11-23(29-4)24(14-20)30-5/h6-11,14H,12-13,15-16H2,1-5H3. The van der Waals surface area contributed by atoms with E-state index in [-0.39, 0.29) is 5.91 Å². The lowest BCUT2D eigenvalue weighted by Gasteiger charge is -2.18. The molecule has 0 aliphatic rings. The first-order chi connectivity index (χ1) is 15.4. The molecule has 170 valence electrons. The summed E-state index contributed by atoms with van der Waals surface area (Å²) in [5.41, 5.74) is 3.82. The largest absolute Gasteiger partial charge is 0.493 e. The van der Waals surface area contributed by atoms with E-state index in [1.54, 1.807) is 19.1 Å². The molecule has 2 aromatic carbocycles. The van der Waals surface area contributed by atoms with E-state index >= 15 is 0 Å². The van der Waals surface area contributed by atoms with Crippen LogP contribution >= 0.6 is 0 Å². The fourth-order valence-electron chi connectivity index (χ4n) is 3.33. The summed E-state index contributed by atoms with van der Waals surface area (Å²) in [5, 5.41) is 3.93. The SMILES string of the molecule is COc1ccc(CCN(C)C(=O)Cc2ccc(OCc3c(C)noc3C)cc2)cc1OC. The van der Waals surface area contributed by atoms with Gasteiger partial charge in [-0.2, -0.15) is 0 Å². The summed E-state index contributed by atoms with van der Waals surface area (Å²) in [5.74, 6) is 2.95. The summed E-state index contributed by atoms with van der Waals surface area (Å²) in [7, 11) is 5.05. The van der Waals surface area contributed by atoms with Crippen molar-refractivity contribution in [2.24, 2.45) is 0 Å². The minimum Gasteiger partial charge on any atom is -0.493 e. The van der Waals surface area contributed by atoms with Gasteiger partial charge in [0.05, 0.1) is 31.9 Å². The Hall–Kier alpha value is -3.48. The van der Waals surface area contributed by atoms with Crippen LogP contribution in [0.5, 0.6) is 17.2 Å². The molecule has 7 heteroatoms. The Bertz CT molecular complexity index is 1020. The van der Waals surface area contributed by atoms with Crippen LogP contribution in [0.15, 0.2) is 47.0 Å². The van der Waals surface area contributed by atoms with Crippen LogP contribution in [0.1, 0.15) is 28.1 Å². The number of amides is 1. The molecule has 0 atom stereocenters. The normalized spacial score (nSPS) is 10.7. The number of aromatic nitrogens is 1. The zero-order valence-electron chi connectivity index (χ0n) is 19.3. The van der Waals surface area contributed by atoms with E-state index in [2.05, 4.69) is 5.16 Å². The number of carbonyl (C=O) groups is 1. The summed E-state index contributed by atoms with van der Waals surface area (Å²) in [4.78, 5) is 14.4. The molecule has 0 spiro atoms. The molecule has 0 N–H and O–H groups in total. The Morgan fingerprint density at radius 3 is 2.31 bits per heavy atom. The zero-order valence-corrected chi connectivity index (χ0v) is 19.3. The number of hydrogen-bond donors (Lipinski definition) is 0. The monoisotopic (exact) mass is 438 g/mol. The lowest BCUT2D eigenvalue weighted by atomic mass is 10.1. The first kappa shape index (κ1) is 23.2. The highest BCUT2D eigenvalue weighted by atomic mass is 16.5. The first-order valence-corrected chi connectivity index (χ1v) is 10.5. The molecule has 1 heterocycles. The van der Waals surface area contributed by atoms with E-state index in [4.69, 9.17) is 18.7 Å². The van der Waals surface area contributed by atoms with Crippen molar-refractivity contribution in [1.82, 2.24) is 10.1 Å². The van der Waals surface area contributed by atoms with Crippen LogP contribution in [-0.2, 0) is 24.2 Å². The predicted molar refractivity (Wildman–Crippen MR) is 121 cm³/mol. The van der Waals surface area contributed by atoms with Crippen molar-refractivity contribution in [3.05, 3.63) is 70.6 Å². The van der Waals surface area contributed by atoms with Crippen molar-refractivity contribution < 1.29 is 23.5 Å². The summed E-state index contributed by atoms with van der Waals surface area (Å²) in [6.07, 6.45) is 1.07. The third kappa shape index (κ3) is 5.81. The Morgan fingerprint density at radius 1 is 1.00 bits per heavy atom. The second-order valence-electron chi connectivity index (χ2n) is 7.67. The molecule has 0 fully saturated rings. The molecule has 3 aromatic rings. The molecule has 7 nitrogen and oxygen atoms in total. The van der Waals surface area contributed by atoms with Gasteiger partial charge in [-0.3, -0.25) is 4.79 Å². The number of aryl methyl sites for hydroxylation is 2. The fraction of sp³-hybridized carbons (Fsp3) is 0.360. The maximum atomic E-state index is 12.6. The molecule has 0 bridgehead atoms. The Balaban J connectivity index is 1.49. The summed E-state index contributed by atoms with van der Waals surface area (Å²) in [6, 6.07) is 13.4. The first-order valence-electron chi connectivity index (χ1n) is 10.5. The van der Waals surface area contributed by atoms with Crippen LogP contribution in [0.4, 0.5) is 0 Å². The van der Waals surface area contributed by atoms with Gasteiger partial charge in [0.15, 0.2) is 11.5 Å². The van der Waals surface area contributed by atoms with Gasteiger partial charge in [-0.25, -0.2) is 0 Å². The van der Waals surface area contributed by atoms with Gasteiger partial charge in [-0.15, -0.1) is 0 Å². The highest BCUT2D eigenvalue weighted by Gasteiger charge is 2.12. The van der Waals surface area contributed by atoms with Crippen molar-refractivity contribution in [2.45, 2.75) is 33.3 Å². The second-order valence-corrected chi connectivity index (χ2v) is 7.67. The van der Waals surface area contributed by atoms with Crippen molar-refractivity contribution in [3.8, 4) is 17.2 Å². The van der Waals surface area contributed by atoms with Crippen molar-refractivity contribution in [1.29, 1.82) is 0 Å². The number of nitrogens with zero attached hydrogens (tertiary/aromatic N) is 2. The van der Waals surface area contributed by atoms with E-state index in [1.165, 1.54) is 0 Å². The average molecular weight is 439 g/mol. The van der Waals surface area contributed by atoms with Gasteiger partial charge in [0.2, 0.25) is 5.91 Å². The minimum absolute atomic E-state index is 0.0647. The zero-order chi connectivity index (χ0) is 23.1. The van der Waals surface area contributed by atoms with Gasteiger partial charge in [0.25, 0.3) is 0 Å². The molecular formula is C25H30N2O5. The number of likely N-dealkylation sites (N-methyl/N-ethyl adjacent to an activating group) is 1. The van der Waals surface area contributed by atoms with Crippen molar-refractivity contribution >= 4 is 5.91 Å². The van der Waals surface area contributed by atoms with E-state index in [0.717, 1.165) is 40.3 Å². The van der Waals surface area contributed by atoms with Gasteiger partial charge in [-0.1, -0.05) is 23.4 Å². The van der Waals surface area contributed by atoms with Gasteiger partial charge >= 0.3 is 0 Å². The number of rotatable bonds is 10. The van der Waals surface area contributed by atoms with Gasteiger partial charge in [-0.05, 0) is 55.7 Å². The highest BCUT2D eigenvalue weighted by molar-refractivity contribution is 5.78. The van der Waals surface area contributed by atoms with Gasteiger partial charge < -0.3 is 23.6 Å². The topological polar surface area (TPSA) is 74.0 Å². The van der Waals surface area contributed by atoms with Crippen LogP contribution in [0.3, 0.4) is 0 Å². The van der Waals surface area contributed by atoms with E-state index in [9.17, 15) is 4.79 Å². The Morgan fingerprint density at radius 2 is 1.69 bits per heavy atom. The van der Waals surface area contributed by atoms with E-state index in [0.29, 0.717) is 31.1 Å². The second kappa shape index (κ2) is 10.7. The predicted octanol–water partition coefficient (Wildman–Crippen LogP) is 4.13. The van der Waals surface area contributed by atoms with Crippen LogP contribution < -0.4 is 14.2 Å². The third-order valence-electron chi connectivity index (χ3n) is 5.45. The molecule has 0 aliphatic heterocycles. The number of benzene rings is 2. The van der Waals surface area contributed by atoms with E-state index in [1.807, 2.05) is 63.4 Å². The lowest BCUT2D eigenvalue weighted by molar-refractivity contribution is -0.129. The van der Waals surface area contributed by atoms with Crippen molar-refractivity contribution in [3.63, 3.8) is 0 Å². The number of ether oxygens (including phenoxy) is 3. The summed E-state index contributed by atoms with van der Waals surface area (Å²) in [6.45, 7) is 4.78. The quantitative estimate of drug-likeness (QED) is 0.474. The molecule has 0 saturated heterocycles. The molecule has 0 unspecified atom stereocenters. The van der Waals surface area contributed by atoms with Gasteiger partial charge in [0, 0.05) is 13.6 Å². The fourth-order valence-corrected chi connectivity index (χ4v) is 3.33. The summed E-state index contributed by atoms with van der Waals surface area (Å²) >= 11 is 0. The van der Waals surface area contributed by atoms with Gasteiger partial charge in [0.1, 0.15) is 18.1 Å². The van der Waals surface area contributed by atoms with Crippen LogP contribution in [0, 0.1) is 13.8 Å². The molecule has 1 amide bonds. The molecule has 1 aromatic heterocycles. The lowest BCUT2D eigenvalue weighted by Crippen LogP contribution is -2.30. The Labute approximate surface area is 188 Å². The minimum atomic E-state index is 0.0647. The Kier molecular flexibility index (Phi) is 7.76. The highest BCUT2D eigenvalue weighted by Crippen LogP contribution is 2.27. The summed E-state index contributed by atoms with van der Waals surface area (Å²) < 4.78 is 21.6. The van der Waals surface area contributed by atoms with Crippen LogP contribution in [0.25, 0.3) is 0 Å².